The number of rotatable bonds is 5. The number of hydrogen-bond acceptors (Lipinski definition) is 4. The van der Waals surface area contributed by atoms with E-state index in [0.29, 0.717) is 25.7 Å². The molecule has 1 atom stereocenters. The molecule has 0 radical (unpaired) electrons. The van der Waals surface area contributed by atoms with Crippen LogP contribution in [0.25, 0.3) is 0 Å². The number of carbonyl (C=O) groups is 2. The molecule has 0 bridgehead atoms. The Morgan fingerprint density at radius 2 is 2.29 bits per heavy atom. The fourth-order valence-electron chi connectivity index (χ4n) is 2.48. The first kappa shape index (κ1) is 14.1. The van der Waals surface area contributed by atoms with Gasteiger partial charge in [-0.05, 0) is 25.8 Å². The van der Waals surface area contributed by atoms with E-state index in [-0.39, 0.29) is 18.4 Å². The minimum Gasteiger partial charge on any atom is -0.372 e. The van der Waals surface area contributed by atoms with Crippen LogP contribution in [0.3, 0.4) is 0 Å². The average molecular weight is 292 g/mol. The second-order valence-electron chi connectivity index (χ2n) is 5.48. The van der Waals surface area contributed by atoms with Crippen LogP contribution < -0.4 is 5.32 Å². The summed E-state index contributed by atoms with van der Waals surface area (Å²) >= 11 is 0. The van der Waals surface area contributed by atoms with Crippen LogP contribution in [-0.2, 0) is 20.9 Å². The van der Waals surface area contributed by atoms with Gasteiger partial charge in [-0.2, -0.15) is 5.10 Å². The molecule has 1 fully saturated rings. The Hall–Kier alpha value is -1.89. The Kier molecular flexibility index (Phi) is 3.92. The topological polar surface area (TPSA) is 76.5 Å². The lowest BCUT2D eigenvalue weighted by atomic mass is 10.1. The van der Waals surface area contributed by atoms with Gasteiger partial charge >= 0.3 is 0 Å². The molecule has 0 spiro atoms. The van der Waals surface area contributed by atoms with Gasteiger partial charge in [-0.3, -0.25) is 14.3 Å². The lowest BCUT2D eigenvalue weighted by molar-refractivity contribution is -0.139. The molecule has 2 amide bonds. The van der Waals surface area contributed by atoms with E-state index in [1.54, 1.807) is 15.8 Å². The Morgan fingerprint density at radius 3 is 3.00 bits per heavy atom. The summed E-state index contributed by atoms with van der Waals surface area (Å²) in [5.74, 6) is -0.148. The van der Waals surface area contributed by atoms with Crippen molar-refractivity contribution in [2.45, 2.75) is 38.4 Å². The van der Waals surface area contributed by atoms with Gasteiger partial charge < -0.3 is 15.0 Å². The summed E-state index contributed by atoms with van der Waals surface area (Å²) in [5, 5.41) is 7.22. The number of fused-ring (bicyclic) bond motifs is 1. The van der Waals surface area contributed by atoms with Crippen molar-refractivity contribution in [1.82, 2.24) is 20.0 Å². The zero-order chi connectivity index (χ0) is 14.8. The van der Waals surface area contributed by atoms with E-state index >= 15 is 0 Å². The van der Waals surface area contributed by atoms with Crippen molar-refractivity contribution >= 4 is 11.8 Å². The Bertz CT molecular complexity index is 538. The van der Waals surface area contributed by atoms with Crippen molar-refractivity contribution in [2.75, 3.05) is 19.8 Å². The third-order valence-electron chi connectivity index (χ3n) is 3.80. The Morgan fingerprint density at radius 1 is 1.48 bits per heavy atom. The molecule has 0 unspecified atom stereocenters. The Labute approximate surface area is 123 Å². The van der Waals surface area contributed by atoms with Crippen LogP contribution in [0.2, 0.25) is 0 Å². The van der Waals surface area contributed by atoms with Gasteiger partial charge in [0, 0.05) is 18.8 Å². The van der Waals surface area contributed by atoms with E-state index in [1.165, 1.54) is 0 Å². The fraction of sp³-hybridized carbons (Fsp3) is 0.643. The Balaban J connectivity index is 1.73. The minimum atomic E-state index is -0.449. The monoisotopic (exact) mass is 292 g/mol. The van der Waals surface area contributed by atoms with Gasteiger partial charge in [0.05, 0.1) is 18.8 Å². The molecule has 1 aromatic rings. The van der Waals surface area contributed by atoms with Crippen molar-refractivity contribution < 1.29 is 14.3 Å². The summed E-state index contributed by atoms with van der Waals surface area (Å²) in [6.07, 6.45) is 3.75. The summed E-state index contributed by atoms with van der Waals surface area (Å²) in [6, 6.07) is 1.69. The van der Waals surface area contributed by atoms with Crippen molar-refractivity contribution in [3.05, 3.63) is 18.0 Å². The zero-order valence-corrected chi connectivity index (χ0v) is 12.1. The molecular weight excluding hydrogens is 272 g/mol. The molecular formula is C14H20N4O3. The second-order valence-corrected chi connectivity index (χ2v) is 5.48. The number of aromatic nitrogens is 2. The molecule has 2 heterocycles. The first-order valence-corrected chi connectivity index (χ1v) is 7.37. The van der Waals surface area contributed by atoms with E-state index in [0.717, 1.165) is 18.5 Å². The van der Waals surface area contributed by atoms with E-state index in [2.05, 4.69) is 10.4 Å². The van der Waals surface area contributed by atoms with Crippen LogP contribution in [-0.4, -0.2) is 52.3 Å². The number of amides is 2. The van der Waals surface area contributed by atoms with Gasteiger partial charge in [-0.25, -0.2) is 0 Å². The molecule has 21 heavy (non-hydrogen) atoms. The highest BCUT2D eigenvalue weighted by Crippen LogP contribution is 2.24. The van der Waals surface area contributed by atoms with Crippen LogP contribution in [0.1, 0.15) is 31.5 Å². The van der Waals surface area contributed by atoms with Crippen LogP contribution >= 0.6 is 0 Å². The lowest BCUT2D eigenvalue weighted by Gasteiger charge is -2.33. The third kappa shape index (κ3) is 3.07. The molecule has 3 rings (SSSR count). The van der Waals surface area contributed by atoms with Gasteiger partial charge in [-0.15, -0.1) is 0 Å². The van der Waals surface area contributed by atoms with Gasteiger partial charge in [0.25, 0.3) is 0 Å². The highest BCUT2D eigenvalue weighted by molar-refractivity contribution is 5.83. The number of nitrogens with one attached hydrogen (secondary N) is 1. The summed E-state index contributed by atoms with van der Waals surface area (Å²) in [4.78, 5) is 26.2. The quantitative estimate of drug-likeness (QED) is 0.834. The normalized spacial score (nSPS) is 21.0. The summed E-state index contributed by atoms with van der Waals surface area (Å²) in [6.45, 7) is 3.23. The van der Waals surface area contributed by atoms with Crippen LogP contribution in [0.4, 0.5) is 0 Å². The highest BCUT2D eigenvalue weighted by Gasteiger charge is 2.35. The number of ether oxygens (including phenoxy) is 1. The first-order valence-electron chi connectivity index (χ1n) is 7.37. The summed E-state index contributed by atoms with van der Waals surface area (Å²) < 4.78 is 6.90. The predicted molar refractivity (Wildman–Crippen MR) is 74.3 cm³/mol. The molecule has 0 saturated heterocycles. The molecule has 2 aliphatic rings. The van der Waals surface area contributed by atoms with Crippen molar-refractivity contribution in [1.29, 1.82) is 0 Å². The number of nitrogens with zero attached hydrogens (tertiary/aromatic N) is 3. The van der Waals surface area contributed by atoms with Crippen molar-refractivity contribution in [3.63, 3.8) is 0 Å². The van der Waals surface area contributed by atoms with Gasteiger partial charge in [-0.1, -0.05) is 0 Å². The van der Waals surface area contributed by atoms with E-state index in [9.17, 15) is 9.59 Å². The smallest absolute Gasteiger partial charge is 0.249 e. The molecule has 1 aliphatic carbocycles. The van der Waals surface area contributed by atoms with Crippen LogP contribution in [0.15, 0.2) is 12.3 Å². The molecule has 7 heteroatoms. The molecule has 1 aliphatic heterocycles. The lowest BCUT2D eigenvalue weighted by Crippen LogP contribution is -2.48. The van der Waals surface area contributed by atoms with Gasteiger partial charge in [0.1, 0.15) is 12.6 Å². The largest absolute Gasteiger partial charge is 0.372 e. The molecule has 1 N–H and O–H groups in total. The van der Waals surface area contributed by atoms with E-state index in [1.807, 2.05) is 13.0 Å². The predicted octanol–water partition coefficient (Wildman–Crippen LogP) is 0.0815. The van der Waals surface area contributed by atoms with Gasteiger partial charge in [0.15, 0.2) is 0 Å². The highest BCUT2D eigenvalue weighted by atomic mass is 16.5. The van der Waals surface area contributed by atoms with E-state index < -0.39 is 6.04 Å². The number of hydrogen-bond donors (Lipinski definition) is 1. The van der Waals surface area contributed by atoms with Crippen LogP contribution in [0, 0.1) is 0 Å². The molecule has 7 nitrogen and oxygen atoms in total. The first-order chi connectivity index (χ1) is 10.2. The van der Waals surface area contributed by atoms with Crippen molar-refractivity contribution in [3.8, 4) is 0 Å². The third-order valence-corrected chi connectivity index (χ3v) is 3.80. The van der Waals surface area contributed by atoms with Crippen molar-refractivity contribution in [2.24, 2.45) is 0 Å². The summed E-state index contributed by atoms with van der Waals surface area (Å²) in [7, 11) is 0. The molecule has 1 saturated carbocycles. The standard InChI is InChI=1S/C14H20N4O3/c1-2-21-9-13(19)17-7-11-5-6-15-18(11)12(8-17)14(20)16-10-3-4-10/h5-6,10,12H,2-4,7-9H2,1H3,(H,16,20)/t12-/m0/s1. The average Bonchev–Trinajstić information content (AvgIpc) is 3.16. The van der Waals surface area contributed by atoms with E-state index in [4.69, 9.17) is 4.74 Å². The minimum absolute atomic E-state index is 0.0571. The maximum Gasteiger partial charge on any atom is 0.249 e. The number of carbonyl (C=O) groups excluding carboxylic acids is 2. The zero-order valence-electron chi connectivity index (χ0n) is 12.1. The molecule has 114 valence electrons. The maximum atomic E-state index is 12.4. The fourth-order valence-corrected chi connectivity index (χ4v) is 2.48. The van der Waals surface area contributed by atoms with Gasteiger partial charge in [0.2, 0.25) is 11.8 Å². The molecule has 1 aromatic heterocycles. The summed E-state index contributed by atoms with van der Waals surface area (Å²) in [5.41, 5.74) is 0.877. The SMILES string of the molecule is CCOCC(=O)N1Cc2ccnn2[C@H](C(=O)NC2CC2)C1. The second kappa shape index (κ2) is 5.85. The maximum absolute atomic E-state index is 12.4. The van der Waals surface area contributed by atoms with Crippen LogP contribution in [0.5, 0.6) is 0 Å². The molecule has 0 aromatic carbocycles.